The van der Waals surface area contributed by atoms with E-state index in [1.165, 1.54) is 21.5 Å². The number of nitrogens with zero attached hydrogens (tertiary/aromatic N) is 2. The van der Waals surface area contributed by atoms with Gasteiger partial charge in [-0.3, -0.25) is 0 Å². The molecule has 0 amide bonds. The number of rotatable bonds is 3. The molecule has 6 rings (SSSR count). The summed E-state index contributed by atoms with van der Waals surface area (Å²) < 4.78 is 6.22. The molecule has 0 bridgehead atoms. The van der Waals surface area contributed by atoms with Crippen molar-refractivity contribution in [3.05, 3.63) is 115 Å². The average molecular weight is 677 g/mol. The van der Waals surface area contributed by atoms with Crippen molar-refractivity contribution >= 4 is 35.2 Å². The largest absolute Gasteiger partial charge is 0.501 e. The molecule has 6 aromatic rings. The first-order chi connectivity index (χ1) is 17.4. The van der Waals surface area contributed by atoms with Gasteiger partial charge in [0.1, 0.15) is 5.58 Å². The molecule has 1 radical (unpaired) electrons. The molecule has 3 heterocycles. The third-order valence-electron chi connectivity index (χ3n) is 6.08. The Hall–Kier alpha value is -3.37. The standard InChI is InChI=1S/C20H18NOSi.C12H10N.Ir/c1-23(2,3)18-12-11-14(16-9-6-7-13-21-16)20-19(18)15-8-4-5-10-17(15)22-20;1-10-7-8-12(13-9-10)11-5-3-2-4-6-11;/h4-10,12-13H,1-3H3;2-5,7-9H,1H3;/q2*-1;. The Morgan fingerprint density at radius 3 is 2.24 bits per heavy atom. The van der Waals surface area contributed by atoms with Crippen molar-refractivity contribution in [1.29, 1.82) is 0 Å². The predicted molar refractivity (Wildman–Crippen MR) is 152 cm³/mol. The number of para-hydroxylation sites is 1. The van der Waals surface area contributed by atoms with Crippen molar-refractivity contribution in [2.75, 3.05) is 0 Å². The van der Waals surface area contributed by atoms with Crippen molar-refractivity contribution in [3.8, 4) is 22.5 Å². The van der Waals surface area contributed by atoms with Crippen LogP contribution in [0.2, 0.25) is 19.6 Å². The Morgan fingerprint density at radius 2 is 1.57 bits per heavy atom. The van der Waals surface area contributed by atoms with Crippen LogP contribution >= 0.6 is 0 Å². The van der Waals surface area contributed by atoms with Crippen molar-refractivity contribution in [1.82, 2.24) is 9.97 Å². The van der Waals surface area contributed by atoms with E-state index in [2.05, 4.69) is 66.0 Å². The van der Waals surface area contributed by atoms with Crippen LogP contribution in [0.25, 0.3) is 44.5 Å². The molecule has 0 fully saturated rings. The number of aryl methyl sites for hydroxylation is 1. The van der Waals surface area contributed by atoms with Gasteiger partial charge < -0.3 is 14.4 Å². The molecule has 0 aliphatic carbocycles. The SMILES string of the molecule is C[Si](C)(C)c1c[c-]c(-c2ccccn2)c2oc3ccccc3c12.Cc1ccc(-c2[c-]cccc2)nc1.[Ir]. The Bertz CT molecular complexity index is 1610. The van der Waals surface area contributed by atoms with Gasteiger partial charge in [0.25, 0.3) is 0 Å². The third-order valence-corrected chi connectivity index (χ3v) is 8.09. The summed E-state index contributed by atoms with van der Waals surface area (Å²) in [6, 6.07) is 34.9. The zero-order chi connectivity index (χ0) is 25.1. The Morgan fingerprint density at radius 1 is 0.784 bits per heavy atom. The van der Waals surface area contributed by atoms with Crippen LogP contribution in [0, 0.1) is 19.1 Å². The topological polar surface area (TPSA) is 38.9 Å². The maximum atomic E-state index is 6.22. The fraction of sp³-hybridized carbons (Fsp3) is 0.125. The van der Waals surface area contributed by atoms with Crippen LogP contribution in [-0.4, -0.2) is 18.0 Å². The number of aromatic nitrogens is 2. The molecule has 5 heteroatoms. The van der Waals surface area contributed by atoms with Gasteiger partial charge in [0, 0.05) is 46.0 Å². The van der Waals surface area contributed by atoms with E-state index in [9.17, 15) is 0 Å². The third kappa shape index (κ3) is 5.80. The van der Waals surface area contributed by atoms with E-state index in [0.29, 0.717) is 0 Å². The minimum atomic E-state index is -1.51. The minimum Gasteiger partial charge on any atom is -0.501 e. The maximum absolute atomic E-state index is 6.22. The van der Waals surface area contributed by atoms with Gasteiger partial charge in [-0.1, -0.05) is 73.1 Å². The van der Waals surface area contributed by atoms with Crippen molar-refractivity contribution in [2.24, 2.45) is 0 Å². The van der Waals surface area contributed by atoms with E-state index in [1.807, 2.05) is 80.0 Å². The number of fused-ring (bicyclic) bond motifs is 3. The van der Waals surface area contributed by atoms with Gasteiger partial charge in [-0.2, -0.15) is 0 Å². The molecule has 0 atom stereocenters. The van der Waals surface area contributed by atoms with Crippen molar-refractivity contribution in [3.63, 3.8) is 0 Å². The molecule has 0 N–H and O–H groups in total. The van der Waals surface area contributed by atoms with Gasteiger partial charge in [-0.05, 0) is 36.0 Å². The maximum Gasteiger partial charge on any atom is 0.120 e. The quantitative estimate of drug-likeness (QED) is 0.142. The fourth-order valence-electron chi connectivity index (χ4n) is 4.24. The number of hydrogen-bond acceptors (Lipinski definition) is 3. The van der Waals surface area contributed by atoms with Crippen LogP contribution in [0.15, 0.2) is 102 Å². The van der Waals surface area contributed by atoms with E-state index in [1.54, 1.807) is 0 Å². The van der Waals surface area contributed by atoms with E-state index in [-0.39, 0.29) is 20.1 Å². The first kappa shape index (κ1) is 26.7. The fourth-order valence-corrected chi connectivity index (χ4v) is 5.75. The van der Waals surface area contributed by atoms with E-state index >= 15 is 0 Å². The second-order valence-corrected chi connectivity index (χ2v) is 14.9. The average Bonchev–Trinajstić information content (AvgIpc) is 3.29. The summed E-state index contributed by atoms with van der Waals surface area (Å²) in [6.45, 7) is 9.11. The molecule has 0 aliphatic heterocycles. The normalized spacial score (nSPS) is 11.0. The number of hydrogen-bond donors (Lipinski definition) is 0. The van der Waals surface area contributed by atoms with Gasteiger partial charge in [0.2, 0.25) is 0 Å². The van der Waals surface area contributed by atoms with Crippen LogP contribution in [0.1, 0.15) is 5.56 Å². The second-order valence-electron chi connectivity index (χ2n) is 9.84. The van der Waals surface area contributed by atoms with E-state index in [4.69, 9.17) is 4.42 Å². The van der Waals surface area contributed by atoms with Gasteiger partial charge in [0.15, 0.2) is 0 Å². The van der Waals surface area contributed by atoms with Crippen LogP contribution < -0.4 is 5.19 Å². The van der Waals surface area contributed by atoms with Crippen molar-refractivity contribution < 1.29 is 24.5 Å². The van der Waals surface area contributed by atoms with Gasteiger partial charge in [-0.25, -0.2) is 0 Å². The molecule has 3 aromatic carbocycles. The van der Waals surface area contributed by atoms with Crippen LogP contribution in [0.5, 0.6) is 0 Å². The molecule has 3 aromatic heterocycles. The zero-order valence-electron chi connectivity index (χ0n) is 21.4. The molecule has 0 unspecified atom stereocenters. The summed E-state index contributed by atoms with van der Waals surface area (Å²) in [5.74, 6) is 0. The monoisotopic (exact) mass is 677 g/mol. The summed E-state index contributed by atoms with van der Waals surface area (Å²) in [4.78, 5) is 8.80. The summed E-state index contributed by atoms with van der Waals surface area (Å²) >= 11 is 0. The molecule has 0 aliphatic rings. The molecular weight excluding hydrogens is 649 g/mol. The Labute approximate surface area is 233 Å². The Kier molecular flexibility index (Phi) is 8.18. The van der Waals surface area contributed by atoms with Crippen LogP contribution in [0.3, 0.4) is 0 Å². The molecule has 3 nitrogen and oxygen atoms in total. The minimum absolute atomic E-state index is 0. The van der Waals surface area contributed by atoms with Crippen LogP contribution in [-0.2, 0) is 20.1 Å². The summed E-state index contributed by atoms with van der Waals surface area (Å²) in [7, 11) is -1.51. The zero-order valence-corrected chi connectivity index (χ0v) is 24.8. The number of furan rings is 1. The molecule has 37 heavy (non-hydrogen) atoms. The van der Waals surface area contributed by atoms with Crippen LogP contribution in [0.4, 0.5) is 0 Å². The summed E-state index contributed by atoms with van der Waals surface area (Å²) in [5, 5.41) is 3.81. The number of benzene rings is 3. The second kappa shape index (κ2) is 11.3. The molecule has 0 saturated heterocycles. The van der Waals surface area contributed by atoms with Gasteiger partial charge in [0.05, 0.1) is 5.58 Å². The first-order valence-corrected chi connectivity index (χ1v) is 15.6. The predicted octanol–water partition coefficient (Wildman–Crippen LogP) is 7.85. The summed E-state index contributed by atoms with van der Waals surface area (Å²) in [6.07, 6.45) is 3.68. The van der Waals surface area contributed by atoms with Gasteiger partial charge in [-0.15, -0.1) is 53.2 Å². The molecule has 0 spiro atoms. The van der Waals surface area contributed by atoms with Crippen molar-refractivity contribution in [2.45, 2.75) is 26.6 Å². The molecular formula is C32H28IrN2OSi-2. The van der Waals surface area contributed by atoms with E-state index < -0.39 is 8.07 Å². The smallest absolute Gasteiger partial charge is 0.120 e. The first-order valence-electron chi connectivity index (χ1n) is 12.1. The molecule has 187 valence electrons. The summed E-state index contributed by atoms with van der Waals surface area (Å²) in [5.41, 5.74) is 6.88. The van der Waals surface area contributed by atoms with E-state index in [0.717, 1.165) is 33.7 Å². The number of pyridine rings is 2. The Balaban J connectivity index is 0.000000195. The van der Waals surface area contributed by atoms with Gasteiger partial charge >= 0.3 is 0 Å². The molecule has 0 saturated carbocycles.